The topological polar surface area (TPSA) is 49.4 Å². The molecule has 1 saturated heterocycles. The van der Waals surface area contributed by atoms with Crippen LogP contribution in [0.25, 0.3) is 0 Å². The van der Waals surface area contributed by atoms with E-state index in [0.29, 0.717) is 19.5 Å². The van der Waals surface area contributed by atoms with Gasteiger partial charge in [0.25, 0.3) is 0 Å². The summed E-state index contributed by atoms with van der Waals surface area (Å²) in [4.78, 5) is 28.7. The van der Waals surface area contributed by atoms with Crippen LogP contribution >= 0.6 is 0 Å². The average molecular weight is 467 g/mol. The van der Waals surface area contributed by atoms with E-state index in [1.54, 1.807) is 17.0 Å². The fraction of sp³-hybridized carbons (Fsp3) is 0.167. The van der Waals surface area contributed by atoms with Crippen molar-refractivity contribution in [3.05, 3.63) is 96.3 Å². The molecule has 4 nitrogen and oxygen atoms in total. The molecule has 2 amide bonds. The molecule has 0 spiro atoms. The Balaban J connectivity index is 1.63. The van der Waals surface area contributed by atoms with Gasteiger partial charge in [0.15, 0.2) is 0 Å². The molecule has 0 aromatic heterocycles. The molecule has 1 fully saturated rings. The molecule has 1 heterocycles. The van der Waals surface area contributed by atoms with Crippen LogP contribution < -0.4 is 9.78 Å². The average Bonchev–Trinajstić information content (AvgIpc) is 3.07. The van der Waals surface area contributed by atoms with Gasteiger partial charge in [-0.05, 0) is 0 Å². The summed E-state index contributed by atoms with van der Waals surface area (Å²) in [7, 11) is 0. The molecule has 1 aliphatic heterocycles. The van der Waals surface area contributed by atoms with Gasteiger partial charge in [0, 0.05) is 0 Å². The second-order valence-electron chi connectivity index (χ2n) is 7.14. The number of benzene rings is 3. The number of carbonyl (C=O) groups excluding carboxylic acids is 2. The normalized spacial score (nSPS) is 18.4. The summed E-state index contributed by atoms with van der Waals surface area (Å²) in [6.07, 6.45) is 0.411. The van der Waals surface area contributed by atoms with Crippen LogP contribution in [-0.2, 0) is 16.1 Å². The van der Waals surface area contributed by atoms with Crippen LogP contribution in [0.5, 0.6) is 0 Å². The summed E-state index contributed by atoms with van der Waals surface area (Å²) in [5.41, 5.74) is 1.11. The van der Waals surface area contributed by atoms with Crippen LogP contribution in [0.15, 0.2) is 84.9 Å². The third kappa shape index (κ3) is 4.16. The predicted octanol–water partition coefficient (Wildman–Crippen LogP) is 3.39. The Bertz CT molecular complexity index is 1050. The molecule has 30 heavy (non-hydrogen) atoms. The van der Waals surface area contributed by atoms with Crippen LogP contribution in [0, 0.1) is 5.82 Å². The van der Waals surface area contributed by atoms with E-state index in [1.807, 2.05) is 60.7 Å². The molecule has 1 atom stereocenters. The zero-order valence-corrected chi connectivity index (χ0v) is 18.0. The number of para-hydroxylation sites is 1. The first kappa shape index (κ1) is 20.3. The molecule has 0 radical (unpaired) electrons. The fourth-order valence-electron chi connectivity index (χ4n) is 3.54. The number of amides is 2. The van der Waals surface area contributed by atoms with Gasteiger partial charge in [0.1, 0.15) is 0 Å². The van der Waals surface area contributed by atoms with E-state index in [-0.39, 0.29) is 11.6 Å². The third-order valence-corrected chi connectivity index (χ3v) is 8.09. The van der Waals surface area contributed by atoms with Crippen LogP contribution in [0.2, 0.25) is 4.31 Å². The van der Waals surface area contributed by atoms with Crippen molar-refractivity contribution in [2.75, 3.05) is 11.9 Å². The van der Waals surface area contributed by atoms with Gasteiger partial charge in [-0.15, -0.1) is 0 Å². The monoisotopic (exact) mass is 468 g/mol. The Kier molecular flexibility index (Phi) is 5.98. The van der Waals surface area contributed by atoms with Gasteiger partial charge in [0.2, 0.25) is 0 Å². The summed E-state index contributed by atoms with van der Waals surface area (Å²) in [6, 6.07) is 25.3. The van der Waals surface area contributed by atoms with Gasteiger partial charge >= 0.3 is 181 Å². The van der Waals surface area contributed by atoms with E-state index in [4.69, 9.17) is 0 Å². The van der Waals surface area contributed by atoms with Crippen molar-refractivity contribution < 1.29 is 14.0 Å². The molecule has 0 aliphatic carbocycles. The molecule has 4 rings (SSSR count). The standard InChI is InChI=1S/C24H21FN2O2Se/c25-20-13-7-8-14-21(20)26-22(28)24(30-19-11-5-2-6-12-19)15-16-27(23(24)29)17-18-9-3-1-4-10-18/h1-14H,15-17H2,(H,26,28). The van der Waals surface area contributed by atoms with Crippen molar-refractivity contribution in [1.82, 2.24) is 4.90 Å². The predicted molar refractivity (Wildman–Crippen MR) is 116 cm³/mol. The van der Waals surface area contributed by atoms with Crippen LogP contribution in [0.4, 0.5) is 10.1 Å². The Morgan fingerprint density at radius 3 is 2.30 bits per heavy atom. The van der Waals surface area contributed by atoms with Crippen molar-refractivity contribution in [2.45, 2.75) is 17.3 Å². The molecule has 3 aromatic rings. The van der Waals surface area contributed by atoms with Gasteiger partial charge < -0.3 is 0 Å². The summed E-state index contributed by atoms with van der Waals surface area (Å²) >= 11 is -0.438. The Labute approximate surface area is 181 Å². The first-order valence-electron chi connectivity index (χ1n) is 9.72. The number of hydrogen-bond donors (Lipinski definition) is 1. The third-order valence-electron chi connectivity index (χ3n) is 5.11. The van der Waals surface area contributed by atoms with E-state index in [2.05, 4.69) is 5.32 Å². The molecule has 0 saturated carbocycles. The van der Waals surface area contributed by atoms with E-state index >= 15 is 0 Å². The minimum absolute atomic E-state index is 0.0973. The molecular weight excluding hydrogens is 446 g/mol. The zero-order chi connectivity index (χ0) is 21.0. The second kappa shape index (κ2) is 8.82. The molecule has 1 N–H and O–H groups in total. The first-order valence-corrected chi connectivity index (χ1v) is 11.4. The SMILES string of the molecule is O=C(Nc1ccccc1F)C1([Se]c2ccccc2)CCN(Cc2ccccc2)C1=O. The summed E-state index contributed by atoms with van der Waals surface area (Å²) in [6.45, 7) is 0.951. The van der Waals surface area contributed by atoms with E-state index in [0.717, 1.165) is 10.0 Å². The van der Waals surface area contributed by atoms with Crippen LogP contribution in [0.3, 0.4) is 0 Å². The number of hydrogen-bond acceptors (Lipinski definition) is 2. The van der Waals surface area contributed by atoms with Gasteiger partial charge in [-0.3, -0.25) is 0 Å². The summed E-state index contributed by atoms with van der Waals surface area (Å²) < 4.78 is 13.9. The number of nitrogens with one attached hydrogen (secondary N) is 1. The first-order chi connectivity index (χ1) is 14.6. The molecular formula is C24H21FN2O2Se. The maximum atomic E-state index is 14.1. The van der Waals surface area contributed by atoms with Crippen molar-refractivity contribution in [3.63, 3.8) is 0 Å². The molecule has 3 aromatic carbocycles. The van der Waals surface area contributed by atoms with Gasteiger partial charge in [-0.2, -0.15) is 0 Å². The number of rotatable bonds is 6. The fourth-order valence-corrected chi connectivity index (χ4v) is 6.16. The summed E-state index contributed by atoms with van der Waals surface area (Å²) in [5, 5.41) is 2.68. The zero-order valence-electron chi connectivity index (χ0n) is 16.3. The Morgan fingerprint density at radius 1 is 0.967 bits per heavy atom. The van der Waals surface area contributed by atoms with Crippen molar-refractivity contribution in [3.8, 4) is 0 Å². The molecule has 152 valence electrons. The number of anilines is 1. The van der Waals surface area contributed by atoms with Crippen molar-refractivity contribution in [2.24, 2.45) is 0 Å². The number of carbonyl (C=O) groups is 2. The Morgan fingerprint density at radius 2 is 1.60 bits per heavy atom. The van der Waals surface area contributed by atoms with Gasteiger partial charge in [-0.25, -0.2) is 0 Å². The summed E-state index contributed by atoms with van der Waals surface area (Å²) in [5.74, 6) is -1.14. The van der Waals surface area contributed by atoms with Crippen LogP contribution in [0.1, 0.15) is 12.0 Å². The van der Waals surface area contributed by atoms with Gasteiger partial charge in [-0.1, -0.05) is 0 Å². The molecule has 1 unspecified atom stereocenters. The van der Waals surface area contributed by atoms with Crippen LogP contribution in [-0.4, -0.2) is 38.2 Å². The quantitative estimate of drug-likeness (QED) is 0.447. The van der Waals surface area contributed by atoms with Crippen molar-refractivity contribution >= 4 is 36.9 Å². The van der Waals surface area contributed by atoms with E-state index in [1.165, 1.54) is 12.1 Å². The second-order valence-corrected chi connectivity index (χ2v) is 10.0. The van der Waals surface area contributed by atoms with E-state index < -0.39 is 31.0 Å². The molecule has 0 bridgehead atoms. The number of halogens is 1. The number of nitrogens with zero attached hydrogens (tertiary/aromatic N) is 1. The van der Waals surface area contributed by atoms with Gasteiger partial charge in [0.05, 0.1) is 0 Å². The maximum absolute atomic E-state index is 14.1. The number of likely N-dealkylation sites (tertiary alicyclic amines) is 1. The molecule has 1 aliphatic rings. The Hall–Kier alpha value is -2.95. The molecule has 6 heteroatoms. The van der Waals surface area contributed by atoms with E-state index in [9.17, 15) is 14.0 Å². The van der Waals surface area contributed by atoms with Crippen molar-refractivity contribution in [1.29, 1.82) is 0 Å². The minimum atomic E-state index is -1.20.